The van der Waals surface area contributed by atoms with Crippen molar-refractivity contribution in [1.82, 2.24) is 20.4 Å². The predicted molar refractivity (Wildman–Crippen MR) is 68.9 cm³/mol. The maximum absolute atomic E-state index is 5.90. The Morgan fingerprint density at radius 1 is 1.56 bits per heavy atom. The van der Waals surface area contributed by atoms with Gasteiger partial charge < -0.3 is 10.6 Å². The maximum Gasteiger partial charge on any atom is 0.174 e. The smallest absolute Gasteiger partial charge is 0.174 e. The quantitative estimate of drug-likeness (QED) is 0.647. The molecular weight excluding hydrogens is 291 g/mol. The van der Waals surface area contributed by atoms with Gasteiger partial charge in [-0.2, -0.15) is 5.10 Å². The van der Waals surface area contributed by atoms with Crippen molar-refractivity contribution in [3.05, 3.63) is 35.9 Å². The van der Waals surface area contributed by atoms with E-state index in [4.69, 9.17) is 11.6 Å². The van der Waals surface area contributed by atoms with Crippen molar-refractivity contribution in [3.63, 3.8) is 0 Å². The Balaban J connectivity index is 2.35. The van der Waals surface area contributed by atoms with Crippen LogP contribution in [-0.4, -0.2) is 15.4 Å². The molecule has 2 heterocycles. The topological polar surface area (TPSA) is 41.9 Å². The summed E-state index contributed by atoms with van der Waals surface area (Å²) in [7, 11) is 1.91. The van der Waals surface area contributed by atoms with E-state index >= 15 is 0 Å². The summed E-state index contributed by atoms with van der Waals surface area (Å²) in [6.07, 6.45) is 7.67. The Labute approximate surface area is 107 Å². The zero-order valence-corrected chi connectivity index (χ0v) is 11.1. The average Bonchev–Trinajstić information content (AvgIpc) is 2.50. The van der Waals surface area contributed by atoms with Crippen molar-refractivity contribution in [2.24, 2.45) is 7.05 Å². The van der Waals surface area contributed by atoms with Gasteiger partial charge in [-0.05, 0) is 12.3 Å². The van der Waals surface area contributed by atoms with E-state index in [1.165, 1.54) is 0 Å². The second-order valence-corrected chi connectivity index (χ2v) is 4.42. The minimum atomic E-state index is -0.280. The molecule has 0 amide bonds. The van der Waals surface area contributed by atoms with E-state index in [9.17, 15) is 0 Å². The number of nitrogens with zero attached hydrogens (tertiary/aromatic N) is 2. The monoisotopic (exact) mass is 302 g/mol. The molecule has 86 valence electrons. The van der Waals surface area contributed by atoms with Gasteiger partial charge in [-0.1, -0.05) is 27.5 Å². The van der Waals surface area contributed by atoms with E-state index in [1.54, 1.807) is 4.68 Å². The maximum atomic E-state index is 5.90. The first-order chi connectivity index (χ1) is 7.70. The first kappa shape index (κ1) is 11.5. The van der Waals surface area contributed by atoms with E-state index in [2.05, 4.69) is 31.7 Å². The molecule has 0 aliphatic carbocycles. The lowest BCUT2D eigenvalue weighted by Gasteiger charge is -2.06. The Morgan fingerprint density at radius 2 is 2.38 bits per heavy atom. The van der Waals surface area contributed by atoms with Crippen molar-refractivity contribution in [3.8, 4) is 0 Å². The van der Waals surface area contributed by atoms with Gasteiger partial charge in [0.05, 0.1) is 5.69 Å². The van der Waals surface area contributed by atoms with Gasteiger partial charge in [0.15, 0.2) is 5.62 Å². The molecule has 2 rings (SSSR count). The minimum Gasteiger partial charge on any atom is -0.359 e. The van der Waals surface area contributed by atoms with Gasteiger partial charge >= 0.3 is 0 Å². The highest BCUT2D eigenvalue weighted by Gasteiger charge is 2.11. The molecule has 1 aliphatic rings. The van der Waals surface area contributed by atoms with Crippen LogP contribution in [0.5, 0.6) is 0 Å². The summed E-state index contributed by atoms with van der Waals surface area (Å²) in [6.45, 7) is 0. The predicted octanol–water partition coefficient (Wildman–Crippen LogP) is 1.88. The molecule has 4 nitrogen and oxygen atoms in total. The molecule has 1 aromatic heterocycles. The molecule has 16 heavy (non-hydrogen) atoms. The second-order valence-electron chi connectivity index (χ2n) is 3.43. The fourth-order valence-corrected chi connectivity index (χ4v) is 2.07. The van der Waals surface area contributed by atoms with Crippen LogP contribution in [-0.2, 0) is 12.4 Å². The number of halogens is 2. The lowest BCUT2D eigenvalue weighted by Crippen LogP contribution is -2.29. The molecule has 0 aromatic carbocycles. The Bertz CT molecular complexity index is 438. The fraction of sp³-hybridized carbons (Fsp3) is 0.300. The number of nitrogens with one attached hydrogen (secondary N) is 2. The fourth-order valence-electron chi connectivity index (χ4n) is 1.52. The molecule has 0 fully saturated rings. The zero-order valence-electron chi connectivity index (χ0n) is 8.74. The molecule has 6 heteroatoms. The number of aryl methyl sites for hydroxylation is 1. The summed E-state index contributed by atoms with van der Waals surface area (Å²) in [5, 5.41) is 11.1. The average molecular weight is 304 g/mol. The van der Waals surface area contributed by atoms with Crippen LogP contribution in [0.1, 0.15) is 11.3 Å². The standard InChI is InChI=1S/C10H12BrClN4/c1-16-6-8(9(4-11)15-16)7-2-3-13-10(12)14-5-7/h2-3,5-6,10,13-14H,4H2,1H3. The largest absolute Gasteiger partial charge is 0.359 e. The van der Waals surface area contributed by atoms with E-state index in [0.717, 1.165) is 22.2 Å². The summed E-state index contributed by atoms with van der Waals surface area (Å²) in [5.41, 5.74) is 2.87. The molecule has 0 radical (unpaired) electrons. The zero-order chi connectivity index (χ0) is 11.5. The molecule has 0 saturated heterocycles. The third-order valence-corrected chi connectivity index (χ3v) is 3.02. The summed E-state index contributed by atoms with van der Waals surface area (Å²) in [5.74, 6) is 0. The number of allylic oxidation sites excluding steroid dienone is 2. The lowest BCUT2D eigenvalue weighted by atomic mass is 10.1. The number of alkyl halides is 2. The summed E-state index contributed by atoms with van der Waals surface area (Å²) in [6, 6.07) is 0. The van der Waals surface area contributed by atoms with Gasteiger partial charge in [0.25, 0.3) is 0 Å². The highest BCUT2D eigenvalue weighted by Crippen LogP contribution is 2.21. The van der Waals surface area contributed by atoms with E-state index in [0.29, 0.717) is 0 Å². The molecule has 0 spiro atoms. The Hall–Kier alpha value is -0.940. The molecule has 1 atom stereocenters. The van der Waals surface area contributed by atoms with Crippen LogP contribution in [0.2, 0.25) is 0 Å². The summed E-state index contributed by atoms with van der Waals surface area (Å²) >= 11 is 9.34. The van der Waals surface area contributed by atoms with Gasteiger partial charge in [-0.3, -0.25) is 4.68 Å². The molecule has 1 aliphatic heterocycles. The van der Waals surface area contributed by atoms with Crippen LogP contribution in [0, 0.1) is 0 Å². The van der Waals surface area contributed by atoms with Crippen molar-refractivity contribution in [2.45, 2.75) is 11.0 Å². The third-order valence-electron chi connectivity index (χ3n) is 2.23. The van der Waals surface area contributed by atoms with Crippen LogP contribution < -0.4 is 10.6 Å². The molecule has 1 aromatic rings. The second kappa shape index (κ2) is 4.93. The van der Waals surface area contributed by atoms with Gasteiger partial charge in [-0.25, -0.2) is 0 Å². The third kappa shape index (κ3) is 2.41. The van der Waals surface area contributed by atoms with E-state index in [-0.39, 0.29) is 5.62 Å². The number of rotatable bonds is 2. The van der Waals surface area contributed by atoms with Crippen molar-refractivity contribution >= 4 is 33.1 Å². The lowest BCUT2D eigenvalue weighted by molar-refractivity contribution is 0.708. The molecule has 0 bridgehead atoms. The van der Waals surface area contributed by atoms with Crippen LogP contribution in [0.3, 0.4) is 0 Å². The highest BCUT2D eigenvalue weighted by molar-refractivity contribution is 9.08. The Morgan fingerprint density at radius 3 is 3.12 bits per heavy atom. The summed E-state index contributed by atoms with van der Waals surface area (Å²) in [4.78, 5) is 0. The number of hydrogen-bond donors (Lipinski definition) is 2. The van der Waals surface area contributed by atoms with Crippen molar-refractivity contribution in [2.75, 3.05) is 0 Å². The van der Waals surface area contributed by atoms with Gasteiger partial charge in [-0.15, -0.1) is 0 Å². The number of hydrogen-bond acceptors (Lipinski definition) is 3. The molecular formula is C10H12BrClN4. The van der Waals surface area contributed by atoms with Gasteiger partial charge in [0.1, 0.15) is 0 Å². The SMILES string of the molecule is Cn1cc(C2=CNC(Cl)NC=C2)c(CBr)n1. The van der Waals surface area contributed by atoms with Crippen LogP contribution >= 0.6 is 27.5 Å². The van der Waals surface area contributed by atoms with Gasteiger partial charge in [0.2, 0.25) is 0 Å². The van der Waals surface area contributed by atoms with Crippen LogP contribution in [0.15, 0.2) is 24.7 Å². The summed E-state index contributed by atoms with van der Waals surface area (Å²) < 4.78 is 1.80. The van der Waals surface area contributed by atoms with Crippen LogP contribution in [0.25, 0.3) is 5.57 Å². The van der Waals surface area contributed by atoms with Crippen molar-refractivity contribution in [1.29, 1.82) is 0 Å². The van der Waals surface area contributed by atoms with Gasteiger partial charge in [0, 0.05) is 35.9 Å². The van der Waals surface area contributed by atoms with E-state index in [1.807, 2.05) is 31.7 Å². The normalized spacial score (nSPS) is 19.7. The van der Waals surface area contributed by atoms with E-state index < -0.39 is 0 Å². The molecule has 0 saturated carbocycles. The first-order valence-corrected chi connectivity index (χ1v) is 6.38. The van der Waals surface area contributed by atoms with Crippen LogP contribution in [0.4, 0.5) is 0 Å². The highest BCUT2D eigenvalue weighted by atomic mass is 79.9. The number of aromatic nitrogens is 2. The first-order valence-electron chi connectivity index (χ1n) is 4.82. The Kier molecular flexibility index (Phi) is 3.56. The molecule has 1 unspecified atom stereocenters. The minimum absolute atomic E-state index is 0.280. The van der Waals surface area contributed by atoms with Crippen molar-refractivity contribution < 1.29 is 0 Å². The molecule has 2 N–H and O–H groups in total.